The van der Waals surface area contributed by atoms with Crippen LogP contribution in [0.15, 0.2) is 164 Å². The molecule has 12 rings (SSSR count). The summed E-state index contributed by atoms with van der Waals surface area (Å²) in [5, 5.41) is 4.95. The van der Waals surface area contributed by atoms with Crippen molar-refractivity contribution in [3.05, 3.63) is 219 Å². The third-order valence-electron chi connectivity index (χ3n) is 16.9. The molecule has 75 heavy (non-hydrogen) atoms. The number of nitrogens with one attached hydrogen (secondary N) is 1. The number of hydrogen-bond donors (Lipinski definition) is 1. The summed E-state index contributed by atoms with van der Waals surface area (Å²) >= 11 is 0. The normalized spacial score (nSPS) is 19.0. The first-order chi connectivity index (χ1) is 36.5. The SMILES string of the molecule is CCCCCC1CCC(c2ccc(C(=O)Nc3ccc(-c4ccc(N5C(=O)c6c(C)cc7c(c6C5=O)-c5c(c6c(c8ccccc58)OC(c5ccccc5)(c5ccc(OC)cc5)C=C6)C7(C)C)cc4)cc3)cc2)CC1. The van der Waals surface area contributed by atoms with Crippen LogP contribution in [0.3, 0.4) is 0 Å². The fraction of sp³-hybridized carbons (Fsp3) is 0.250. The molecule has 2 heterocycles. The fourth-order valence-electron chi connectivity index (χ4n) is 12.9. The molecule has 1 saturated carbocycles. The molecule has 1 unspecified atom stereocenters. The Kier molecular flexibility index (Phi) is 12.2. The zero-order valence-electron chi connectivity index (χ0n) is 43.5. The molecule has 0 saturated heterocycles. The summed E-state index contributed by atoms with van der Waals surface area (Å²) in [6.45, 7) is 8.64. The van der Waals surface area contributed by atoms with Crippen molar-refractivity contribution in [1.82, 2.24) is 0 Å². The number of imide groups is 1. The standard InChI is InChI=1S/C68H62N2O5/c1-6-7-9-14-43-19-21-44(22-20-43)45-23-25-48(26-24-45)64(71)69-51-33-27-46(28-34-51)47-29-35-52(36-30-47)70-65(72)58-42(2)41-57-60(61(58)66(70)73)59-54-17-12-13-18-55(54)63-56(62(59)67(57,3)4)39-40-68(75-63,49-15-10-8-11-16-49)50-31-37-53(74-5)38-32-50/h8,10-13,15-18,23-41,43-44H,6-7,9,14,19-22H2,1-5H3,(H,69,71). The van der Waals surface area contributed by atoms with E-state index in [-0.39, 0.29) is 17.7 Å². The number of benzene rings is 8. The Labute approximate surface area is 440 Å². The van der Waals surface area contributed by atoms with Crippen molar-refractivity contribution in [2.24, 2.45) is 5.92 Å². The molecular weight excluding hydrogens is 925 g/mol. The molecule has 0 radical (unpaired) electrons. The Bertz CT molecular complexity index is 3570. The number of fused-ring (bicyclic) bond motifs is 10. The van der Waals surface area contributed by atoms with E-state index in [9.17, 15) is 9.59 Å². The van der Waals surface area contributed by atoms with Crippen LogP contribution in [0.1, 0.15) is 148 Å². The van der Waals surface area contributed by atoms with Gasteiger partial charge in [-0.1, -0.05) is 162 Å². The predicted octanol–water partition coefficient (Wildman–Crippen LogP) is 16.4. The molecule has 0 aromatic heterocycles. The lowest BCUT2D eigenvalue weighted by Crippen LogP contribution is -2.35. The third-order valence-corrected chi connectivity index (χ3v) is 16.9. The van der Waals surface area contributed by atoms with Gasteiger partial charge in [-0.15, -0.1) is 0 Å². The van der Waals surface area contributed by atoms with Crippen LogP contribution in [0, 0.1) is 12.8 Å². The number of carbonyl (C=O) groups excluding carboxylic acids is 3. The number of methoxy groups -OCH3 is 1. The van der Waals surface area contributed by atoms with Gasteiger partial charge in [0, 0.05) is 44.3 Å². The minimum Gasteiger partial charge on any atom is -0.497 e. The maximum absolute atomic E-state index is 15.2. The highest BCUT2D eigenvalue weighted by Gasteiger charge is 2.49. The summed E-state index contributed by atoms with van der Waals surface area (Å²) in [4.78, 5) is 44.6. The molecule has 0 bridgehead atoms. The van der Waals surface area contributed by atoms with Crippen molar-refractivity contribution in [2.75, 3.05) is 17.3 Å². The molecule has 2 aliphatic heterocycles. The second-order valence-electron chi connectivity index (χ2n) is 21.7. The van der Waals surface area contributed by atoms with Crippen LogP contribution >= 0.6 is 0 Å². The lowest BCUT2D eigenvalue weighted by molar-refractivity contribution is 0.0925. The monoisotopic (exact) mass is 986 g/mol. The quantitative estimate of drug-likeness (QED) is 0.0974. The molecule has 8 aromatic rings. The lowest BCUT2D eigenvalue weighted by Gasteiger charge is -2.38. The summed E-state index contributed by atoms with van der Waals surface area (Å²) in [6.07, 6.45) is 14.8. The second kappa shape index (κ2) is 19.0. The number of nitrogens with zero attached hydrogens (tertiary/aromatic N) is 1. The molecule has 2 aliphatic carbocycles. The van der Waals surface area contributed by atoms with Gasteiger partial charge >= 0.3 is 0 Å². The van der Waals surface area contributed by atoms with Crippen molar-refractivity contribution >= 4 is 45.9 Å². The van der Waals surface area contributed by atoms with Crippen molar-refractivity contribution in [2.45, 2.75) is 96.0 Å². The van der Waals surface area contributed by atoms with Gasteiger partial charge in [0.1, 0.15) is 11.5 Å². The maximum Gasteiger partial charge on any atom is 0.266 e. The molecule has 374 valence electrons. The Morgan fingerprint density at radius 2 is 1.33 bits per heavy atom. The van der Waals surface area contributed by atoms with E-state index in [0.29, 0.717) is 34.0 Å². The van der Waals surface area contributed by atoms with Crippen LogP contribution in [0.2, 0.25) is 0 Å². The largest absolute Gasteiger partial charge is 0.497 e. The fourth-order valence-corrected chi connectivity index (χ4v) is 12.9. The first-order valence-electron chi connectivity index (χ1n) is 26.9. The van der Waals surface area contributed by atoms with Crippen LogP contribution in [-0.4, -0.2) is 24.8 Å². The zero-order valence-corrected chi connectivity index (χ0v) is 43.5. The van der Waals surface area contributed by atoms with Crippen molar-refractivity contribution in [3.8, 4) is 33.8 Å². The van der Waals surface area contributed by atoms with E-state index in [1.54, 1.807) is 7.11 Å². The number of unbranched alkanes of at least 4 members (excludes halogenated alkanes) is 2. The highest BCUT2D eigenvalue weighted by Crippen LogP contribution is 2.60. The van der Waals surface area contributed by atoms with Crippen LogP contribution < -0.4 is 19.7 Å². The van der Waals surface area contributed by atoms with E-state index in [0.717, 1.165) is 83.8 Å². The van der Waals surface area contributed by atoms with E-state index < -0.39 is 11.0 Å². The van der Waals surface area contributed by atoms with Gasteiger partial charge in [-0.2, -0.15) is 0 Å². The Balaban J connectivity index is 0.809. The zero-order chi connectivity index (χ0) is 51.6. The van der Waals surface area contributed by atoms with Crippen LogP contribution in [-0.2, 0) is 11.0 Å². The van der Waals surface area contributed by atoms with Gasteiger partial charge in [0.2, 0.25) is 0 Å². The Morgan fingerprint density at radius 1 is 0.693 bits per heavy atom. The van der Waals surface area contributed by atoms with Gasteiger partial charge in [0.15, 0.2) is 5.60 Å². The number of rotatable bonds is 12. The molecule has 1 atom stereocenters. The Morgan fingerprint density at radius 3 is 2.01 bits per heavy atom. The molecular formula is C68H62N2O5. The highest BCUT2D eigenvalue weighted by atomic mass is 16.5. The first-order valence-corrected chi connectivity index (χ1v) is 26.9. The predicted molar refractivity (Wildman–Crippen MR) is 302 cm³/mol. The summed E-state index contributed by atoms with van der Waals surface area (Å²) < 4.78 is 13.0. The molecule has 1 fully saturated rings. The van der Waals surface area contributed by atoms with Crippen LogP contribution in [0.25, 0.3) is 39.1 Å². The summed E-state index contributed by atoms with van der Waals surface area (Å²) in [5.74, 6) is 2.17. The van der Waals surface area contributed by atoms with E-state index in [4.69, 9.17) is 9.47 Å². The third kappa shape index (κ3) is 8.06. The van der Waals surface area contributed by atoms with Gasteiger partial charge in [-0.25, -0.2) is 4.90 Å². The molecule has 3 amide bonds. The molecule has 7 heteroatoms. The van der Waals surface area contributed by atoms with Crippen LogP contribution in [0.4, 0.5) is 11.4 Å². The number of hydrogen-bond acceptors (Lipinski definition) is 5. The first kappa shape index (κ1) is 47.9. The van der Waals surface area contributed by atoms with E-state index in [1.165, 1.54) is 61.8 Å². The molecule has 4 aliphatic rings. The van der Waals surface area contributed by atoms with E-state index in [1.807, 2.05) is 110 Å². The van der Waals surface area contributed by atoms with Gasteiger partial charge < -0.3 is 14.8 Å². The second-order valence-corrected chi connectivity index (χ2v) is 21.7. The van der Waals surface area contributed by atoms with E-state index >= 15 is 4.79 Å². The number of amides is 3. The van der Waals surface area contributed by atoms with Crippen molar-refractivity contribution < 1.29 is 23.9 Å². The minimum absolute atomic E-state index is 0.138. The van der Waals surface area contributed by atoms with Crippen molar-refractivity contribution in [1.29, 1.82) is 0 Å². The van der Waals surface area contributed by atoms with Crippen LogP contribution in [0.5, 0.6) is 11.5 Å². The molecule has 8 aromatic carbocycles. The lowest BCUT2D eigenvalue weighted by atomic mass is 9.76. The highest BCUT2D eigenvalue weighted by molar-refractivity contribution is 6.37. The maximum atomic E-state index is 15.2. The molecule has 7 nitrogen and oxygen atoms in total. The summed E-state index contributed by atoms with van der Waals surface area (Å²) in [7, 11) is 1.67. The number of carbonyl (C=O) groups is 3. The molecule has 0 spiro atoms. The number of anilines is 2. The van der Waals surface area contributed by atoms with Crippen molar-refractivity contribution in [3.63, 3.8) is 0 Å². The van der Waals surface area contributed by atoms with Gasteiger partial charge in [-0.05, 0) is 143 Å². The summed E-state index contributed by atoms with van der Waals surface area (Å²) in [5.41, 5.74) is 11.9. The topological polar surface area (TPSA) is 84.9 Å². The van der Waals surface area contributed by atoms with Gasteiger partial charge in [0.05, 0.1) is 23.9 Å². The Hall–Kier alpha value is -8.03. The van der Waals surface area contributed by atoms with E-state index in [2.05, 4.69) is 92.8 Å². The summed E-state index contributed by atoms with van der Waals surface area (Å²) in [6, 6.07) is 52.3. The van der Waals surface area contributed by atoms with Gasteiger partial charge in [-0.3, -0.25) is 14.4 Å². The number of aryl methyl sites for hydroxylation is 1. The number of ether oxygens (including phenoxy) is 2. The van der Waals surface area contributed by atoms with Gasteiger partial charge in [0.25, 0.3) is 17.7 Å². The minimum atomic E-state index is -0.940. The average molecular weight is 987 g/mol. The molecule has 1 N–H and O–H groups in total. The smallest absolute Gasteiger partial charge is 0.266 e. The average Bonchev–Trinajstić information content (AvgIpc) is 3.92.